The molecule has 1 amide bonds. The Kier molecular flexibility index (Phi) is 4.42. The highest BCUT2D eigenvalue weighted by atomic mass is 16.1. The number of rotatable bonds is 4. The van der Waals surface area contributed by atoms with Crippen LogP contribution in [0.5, 0.6) is 0 Å². The summed E-state index contributed by atoms with van der Waals surface area (Å²) in [5, 5.41) is 6.69. The third-order valence-corrected chi connectivity index (χ3v) is 6.93. The summed E-state index contributed by atoms with van der Waals surface area (Å²) in [5.41, 5.74) is 3.21. The summed E-state index contributed by atoms with van der Waals surface area (Å²) >= 11 is 0. The third kappa shape index (κ3) is 3.05. The van der Waals surface area contributed by atoms with Crippen LogP contribution in [0.4, 0.5) is 5.82 Å². The number of nitrogens with zero attached hydrogens (tertiary/aromatic N) is 3. The number of aromatic nitrogens is 2. The summed E-state index contributed by atoms with van der Waals surface area (Å²) in [5.74, 6) is 0.461. The zero-order valence-electron chi connectivity index (χ0n) is 17.3. The molecule has 6 nitrogen and oxygen atoms in total. The highest BCUT2D eigenvalue weighted by molar-refractivity contribution is 5.99. The van der Waals surface area contributed by atoms with Crippen LogP contribution in [-0.4, -0.2) is 40.4 Å². The molecule has 6 heteroatoms. The number of hydrogen-bond acceptors (Lipinski definition) is 5. The van der Waals surface area contributed by atoms with E-state index in [0.29, 0.717) is 11.4 Å². The zero-order chi connectivity index (χ0) is 20.1. The molecule has 1 aromatic carbocycles. The summed E-state index contributed by atoms with van der Waals surface area (Å²) < 4.78 is 0. The van der Waals surface area contributed by atoms with E-state index in [0.717, 1.165) is 13.1 Å². The van der Waals surface area contributed by atoms with Gasteiger partial charge in [0.1, 0.15) is 17.7 Å². The lowest BCUT2D eigenvalue weighted by Gasteiger charge is -2.33. The first-order valence-electron chi connectivity index (χ1n) is 9.85. The molecule has 28 heavy (non-hydrogen) atoms. The summed E-state index contributed by atoms with van der Waals surface area (Å²) in [4.78, 5) is 23.8. The second-order valence-corrected chi connectivity index (χ2v) is 9.23. The summed E-state index contributed by atoms with van der Waals surface area (Å²) in [7, 11) is 2.11. The number of carbonyl (C=O) groups is 1. The Morgan fingerprint density at radius 1 is 1.18 bits per heavy atom. The Hall–Kier alpha value is -2.47. The van der Waals surface area contributed by atoms with E-state index in [2.05, 4.69) is 84.5 Å². The molecule has 148 valence electrons. The number of benzene rings is 1. The van der Waals surface area contributed by atoms with Crippen molar-refractivity contribution in [3.8, 4) is 0 Å². The van der Waals surface area contributed by atoms with Crippen LogP contribution in [0.3, 0.4) is 0 Å². The molecule has 1 aliphatic heterocycles. The van der Waals surface area contributed by atoms with Crippen LogP contribution in [-0.2, 0) is 6.54 Å². The van der Waals surface area contributed by atoms with Crippen molar-refractivity contribution in [3.05, 3.63) is 53.5 Å². The van der Waals surface area contributed by atoms with E-state index in [1.165, 1.54) is 17.5 Å². The zero-order valence-corrected chi connectivity index (χ0v) is 17.3. The standard InChI is InChI=1S/C22H29N5O/c1-21(2)20(22(21,3)4)26-19(28)16-10-23-13-24-18(16)25-17-12-27(5)11-14-8-6-7-9-15(14)17/h6-10,13,17,20H,11-12H2,1-5H3,(H,26,28)(H,23,24,25). The quantitative estimate of drug-likeness (QED) is 0.853. The van der Waals surface area contributed by atoms with E-state index in [9.17, 15) is 4.79 Å². The first kappa shape index (κ1) is 18.9. The summed E-state index contributed by atoms with van der Waals surface area (Å²) in [6.07, 6.45) is 3.09. The minimum absolute atomic E-state index is 0.0743. The molecule has 2 aromatic rings. The number of amides is 1. The molecule has 0 spiro atoms. The molecule has 1 aliphatic carbocycles. The van der Waals surface area contributed by atoms with E-state index in [-0.39, 0.29) is 28.8 Å². The number of likely N-dealkylation sites (N-methyl/N-ethyl adjacent to an activating group) is 1. The van der Waals surface area contributed by atoms with Crippen LogP contribution < -0.4 is 10.6 Å². The topological polar surface area (TPSA) is 70.1 Å². The second kappa shape index (κ2) is 6.55. The lowest BCUT2D eigenvalue weighted by molar-refractivity contribution is 0.0943. The lowest BCUT2D eigenvalue weighted by Crippen LogP contribution is -2.35. The van der Waals surface area contributed by atoms with Crippen molar-refractivity contribution in [1.29, 1.82) is 0 Å². The monoisotopic (exact) mass is 379 g/mol. The number of anilines is 1. The lowest BCUT2D eigenvalue weighted by atomic mass is 9.95. The molecule has 2 aliphatic rings. The van der Waals surface area contributed by atoms with E-state index < -0.39 is 0 Å². The van der Waals surface area contributed by atoms with E-state index in [4.69, 9.17) is 0 Å². The fourth-order valence-electron chi connectivity index (χ4n) is 4.45. The maximum absolute atomic E-state index is 13.0. The van der Waals surface area contributed by atoms with Gasteiger partial charge in [-0.1, -0.05) is 52.0 Å². The molecule has 0 bridgehead atoms. The van der Waals surface area contributed by atoms with Crippen molar-refractivity contribution in [2.24, 2.45) is 10.8 Å². The van der Waals surface area contributed by atoms with E-state index in [1.807, 2.05) is 0 Å². The summed E-state index contributed by atoms with van der Waals surface area (Å²) in [6.45, 7) is 10.5. The molecule has 1 fully saturated rings. The predicted molar refractivity (Wildman–Crippen MR) is 110 cm³/mol. The molecule has 1 saturated carbocycles. The Balaban J connectivity index is 1.57. The molecular formula is C22H29N5O. The highest BCUT2D eigenvalue weighted by Crippen LogP contribution is 2.62. The maximum atomic E-state index is 13.0. The van der Waals surface area contributed by atoms with Crippen LogP contribution in [0.15, 0.2) is 36.8 Å². The second-order valence-electron chi connectivity index (χ2n) is 9.23. The average Bonchev–Trinajstić information content (AvgIpc) is 3.04. The van der Waals surface area contributed by atoms with Crippen molar-refractivity contribution in [2.75, 3.05) is 18.9 Å². The SMILES string of the molecule is CN1Cc2ccccc2C(Nc2ncncc2C(=O)NC2C(C)(C)C2(C)C)C1. The average molecular weight is 380 g/mol. The van der Waals surface area contributed by atoms with Gasteiger partial charge in [-0.25, -0.2) is 9.97 Å². The molecule has 2 heterocycles. The summed E-state index contributed by atoms with van der Waals surface area (Å²) in [6, 6.07) is 8.65. The van der Waals surface area contributed by atoms with E-state index >= 15 is 0 Å². The highest BCUT2D eigenvalue weighted by Gasteiger charge is 2.65. The van der Waals surface area contributed by atoms with Gasteiger partial charge in [-0.3, -0.25) is 9.69 Å². The van der Waals surface area contributed by atoms with Crippen molar-refractivity contribution < 1.29 is 4.79 Å². The first-order valence-corrected chi connectivity index (χ1v) is 9.85. The Labute approximate surface area is 166 Å². The molecule has 1 unspecified atom stereocenters. The van der Waals surface area contributed by atoms with Crippen molar-refractivity contribution in [2.45, 2.75) is 46.3 Å². The van der Waals surface area contributed by atoms with Gasteiger partial charge >= 0.3 is 0 Å². The fraction of sp³-hybridized carbons (Fsp3) is 0.500. The minimum Gasteiger partial charge on any atom is -0.361 e. The van der Waals surface area contributed by atoms with Crippen LogP contribution in [0.25, 0.3) is 0 Å². The van der Waals surface area contributed by atoms with Gasteiger partial charge in [0, 0.05) is 25.3 Å². The maximum Gasteiger partial charge on any atom is 0.256 e. The third-order valence-electron chi connectivity index (χ3n) is 6.93. The Morgan fingerprint density at radius 2 is 1.89 bits per heavy atom. The molecular weight excluding hydrogens is 350 g/mol. The number of carbonyl (C=O) groups excluding carboxylic acids is 1. The Morgan fingerprint density at radius 3 is 2.61 bits per heavy atom. The number of hydrogen-bond donors (Lipinski definition) is 2. The van der Waals surface area contributed by atoms with Crippen LogP contribution in [0, 0.1) is 10.8 Å². The molecule has 1 aromatic heterocycles. The smallest absolute Gasteiger partial charge is 0.256 e. The fourth-order valence-corrected chi connectivity index (χ4v) is 4.45. The van der Waals surface area contributed by atoms with Gasteiger partial charge < -0.3 is 10.6 Å². The van der Waals surface area contributed by atoms with Crippen molar-refractivity contribution in [3.63, 3.8) is 0 Å². The van der Waals surface area contributed by atoms with E-state index in [1.54, 1.807) is 6.20 Å². The van der Waals surface area contributed by atoms with Crippen molar-refractivity contribution in [1.82, 2.24) is 20.2 Å². The van der Waals surface area contributed by atoms with Gasteiger partial charge in [-0.05, 0) is 29.0 Å². The van der Waals surface area contributed by atoms with Crippen LogP contribution in [0.2, 0.25) is 0 Å². The molecule has 0 radical (unpaired) electrons. The van der Waals surface area contributed by atoms with Gasteiger partial charge in [-0.15, -0.1) is 0 Å². The van der Waals surface area contributed by atoms with Gasteiger partial charge in [-0.2, -0.15) is 0 Å². The van der Waals surface area contributed by atoms with Gasteiger partial charge in [0.2, 0.25) is 0 Å². The largest absolute Gasteiger partial charge is 0.361 e. The minimum atomic E-state index is -0.121. The van der Waals surface area contributed by atoms with Gasteiger partial charge in [0.25, 0.3) is 5.91 Å². The predicted octanol–water partition coefficient (Wildman–Crippen LogP) is 3.24. The normalized spacial score (nSPS) is 23.0. The molecule has 1 atom stereocenters. The molecule has 0 saturated heterocycles. The Bertz CT molecular complexity index is 893. The van der Waals surface area contributed by atoms with Crippen molar-refractivity contribution >= 4 is 11.7 Å². The number of fused-ring (bicyclic) bond motifs is 1. The molecule has 2 N–H and O–H groups in total. The van der Waals surface area contributed by atoms with Gasteiger partial charge in [0.05, 0.1) is 6.04 Å². The molecule has 4 rings (SSSR count). The van der Waals surface area contributed by atoms with Crippen LogP contribution in [0.1, 0.15) is 55.2 Å². The first-order chi connectivity index (χ1) is 13.2. The van der Waals surface area contributed by atoms with Gasteiger partial charge in [0.15, 0.2) is 0 Å². The number of nitrogens with one attached hydrogen (secondary N) is 2. The van der Waals surface area contributed by atoms with Crippen LogP contribution >= 0.6 is 0 Å².